The zero-order valence-corrected chi connectivity index (χ0v) is 51.6. The Bertz CT molecular complexity index is 4540. The van der Waals surface area contributed by atoms with Crippen LogP contribution < -0.4 is 9.80 Å². The molecule has 0 aliphatic carbocycles. The molecular formula is C86H72N2. The summed E-state index contributed by atoms with van der Waals surface area (Å²) in [4.78, 5) is 5.31. The van der Waals surface area contributed by atoms with Crippen molar-refractivity contribution in [3.63, 3.8) is 0 Å². The lowest BCUT2D eigenvalue weighted by molar-refractivity contribution is 0.875. The largest absolute Gasteiger partial charge is 0.309 e. The fraction of sp³-hybridized carbons (Fsp3) is 0.116. The zero-order valence-electron chi connectivity index (χ0n) is 51.6. The number of hydrogen-bond acceptors (Lipinski definition) is 2. The molecule has 0 unspecified atom stereocenters. The maximum atomic E-state index is 2.66. The van der Waals surface area contributed by atoms with Crippen LogP contribution in [0.15, 0.2) is 279 Å². The molecule has 0 radical (unpaired) electrons. The molecule has 14 rings (SSSR count). The second-order valence-corrected chi connectivity index (χ2v) is 24.5. The standard InChI is InChI=1S/C86H72N2/c1-55(2)77-53-81(87(85-57(5)39-43-69(59(85)7)63-31-19-11-20-32-63)79-51-67(61-27-15-9-16-28-61)41-45-71(79)65-35-23-13-24-36-65)75-50-48-74-78(56(3)4)54-82(76-49-47-73(77)83(75)84(74)76)88(86-58(6)40-44-70(60(86)8)64-33-21-12-22-34-64)80-52-68(62-29-17-10-18-30-62)42-46-72(80)66-37-25-14-26-38-66/h9-56H,1-8H3. The Hall–Kier alpha value is -10.3. The van der Waals surface area contributed by atoms with Crippen molar-refractivity contribution in [3.8, 4) is 66.8 Å². The van der Waals surface area contributed by atoms with Gasteiger partial charge in [-0.1, -0.05) is 282 Å². The van der Waals surface area contributed by atoms with E-state index in [-0.39, 0.29) is 11.8 Å². The summed E-state index contributed by atoms with van der Waals surface area (Å²) in [7, 11) is 0. The van der Waals surface area contributed by atoms with Crippen molar-refractivity contribution < 1.29 is 0 Å². The molecule has 0 saturated carbocycles. The highest BCUT2D eigenvalue weighted by Gasteiger charge is 2.31. The predicted octanol–water partition coefficient (Wildman–Crippen LogP) is 25.0. The molecule has 0 N–H and O–H groups in total. The molecule has 0 saturated heterocycles. The number of aryl methyl sites for hydroxylation is 2. The first-order chi connectivity index (χ1) is 43.0. The van der Waals surface area contributed by atoms with Gasteiger partial charge >= 0.3 is 0 Å². The molecule has 0 atom stereocenters. The van der Waals surface area contributed by atoms with E-state index in [2.05, 4.69) is 344 Å². The van der Waals surface area contributed by atoms with Gasteiger partial charge in [-0.2, -0.15) is 0 Å². The summed E-state index contributed by atoms with van der Waals surface area (Å²) in [5.74, 6) is 0.376. The van der Waals surface area contributed by atoms with Gasteiger partial charge in [0, 0.05) is 21.9 Å². The van der Waals surface area contributed by atoms with E-state index in [9.17, 15) is 0 Å². The van der Waals surface area contributed by atoms with Gasteiger partial charge in [0.2, 0.25) is 0 Å². The maximum Gasteiger partial charge on any atom is 0.0546 e. The Balaban J connectivity index is 1.14. The van der Waals surface area contributed by atoms with Crippen molar-refractivity contribution in [2.24, 2.45) is 0 Å². The van der Waals surface area contributed by atoms with Crippen LogP contribution in [0.4, 0.5) is 34.1 Å². The van der Waals surface area contributed by atoms with Crippen LogP contribution in [0, 0.1) is 27.7 Å². The van der Waals surface area contributed by atoms with Crippen LogP contribution in [0.25, 0.3) is 99.1 Å². The topological polar surface area (TPSA) is 6.48 Å². The normalized spacial score (nSPS) is 11.6. The van der Waals surface area contributed by atoms with Crippen LogP contribution in [-0.2, 0) is 0 Å². The smallest absolute Gasteiger partial charge is 0.0546 e. The highest BCUT2D eigenvalue weighted by atomic mass is 15.2. The van der Waals surface area contributed by atoms with E-state index in [0.717, 1.165) is 56.1 Å². The zero-order chi connectivity index (χ0) is 60.2. The lowest BCUT2D eigenvalue weighted by Crippen LogP contribution is -2.17. The van der Waals surface area contributed by atoms with E-state index in [1.54, 1.807) is 0 Å². The average Bonchev–Trinajstić information content (AvgIpc) is 0.729. The highest BCUT2D eigenvalue weighted by molar-refractivity contribution is 6.30. The molecule has 0 amide bonds. The minimum Gasteiger partial charge on any atom is -0.309 e. The summed E-state index contributed by atoms with van der Waals surface area (Å²) in [6.45, 7) is 18.8. The van der Waals surface area contributed by atoms with Gasteiger partial charge in [0.1, 0.15) is 0 Å². The lowest BCUT2D eigenvalue weighted by Gasteiger charge is -2.35. The summed E-state index contributed by atoms with van der Waals surface area (Å²) in [6.07, 6.45) is 0. The van der Waals surface area contributed by atoms with Gasteiger partial charge in [-0.05, 0) is 174 Å². The minimum atomic E-state index is 0.188. The second kappa shape index (κ2) is 23.2. The Kier molecular flexibility index (Phi) is 14.6. The van der Waals surface area contributed by atoms with Crippen molar-refractivity contribution in [2.45, 2.75) is 67.2 Å². The summed E-state index contributed by atoms with van der Waals surface area (Å²) in [5.41, 5.74) is 28.6. The molecule has 0 bridgehead atoms. The van der Waals surface area contributed by atoms with E-state index < -0.39 is 0 Å². The molecule has 0 heterocycles. The van der Waals surface area contributed by atoms with Gasteiger partial charge in [0.25, 0.3) is 0 Å². The van der Waals surface area contributed by atoms with Crippen molar-refractivity contribution >= 4 is 66.4 Å². The van der Waals surface area contributed by atoms with E-state index in [0.29, 0.717) is 0 Å². The van der Waals surface area contributed by atoms with E-state index >= 15 is 0 Å². The van der Waals surface area contributed by atoms with Crippen molar-refractivity contribution in [1.29, 1.82) is 0 Å². The number of benzene rings is 14. The lowest BCUT2D eigenvalue weighted by atomic mass is 9.83. The molecule has 0 aromatic heterocycles. The van der Waals surface area contributed by atoms with Crippen LogP contribution in [0.5, 0.6) is 0 Å². The Morgan fingerprint density at radius 3 is 0.841 bits per heavy atom. The van der Waals surface area contributed by atoms with Crippen LogP contribution in [0.1, 0.15) is 72.9 Å². The fourth-order valence-electron chi connectivity index (χ4n) is 14.1. The molecule has 426 valence electrons. The summed E-state index contributed by atoms with van der Waals surface area (Å²) in [6, 6.07) is 104. The van der Waals surface area contributed by atoms with Gasteiger partial charge in [-0.3, -0.25) is 0 Å². The summed E-state index contributed by atoms with van der Waals surface area (Å²) in [5, 5.41) is 7.55. The molecular weight excluding hydrogens is 1060 g/mol. The van der Waals surface area contributed by atoms with E-state index in [4.69, 9.17) is 0 Å². The third kappa shape index (κ3) is 9.80. The monoisotopic (exact) mass is 1130 g/mol. The predicted molar refractivity (Wildman–Crippen MR) is 379 cm³/mol. The summed E-state index contributed by atoms with van der Waals surface area (Å²) < 4.78 is 0. The first-order valence-corrected chi connectivity index (χ1v) is 31.2. The first kappa shape index (κ1) is 55.6. The third-order valence-corrected chi connectivity index (χ3v) is 18.4. The Labute approximate surface area is 519 Å². The SMILES string of the molecule is Cc1ccc(-c2ccccc2)c(C)c1N(c1cc(-c2ccccc2)ccc1-c1ccccc1)c1cc(C(C)C)c2ccc3c(N(c4cc(-c5ccccc5)ccc4-c4ccccc4)c4c(C)ccc(-c5ccccc5)c4C)cc(C(C)C)c4ccc1c2c43. The van der Waals surface area contributed by atoms with Crippen LogP contribution >= 0.6 is 0 Å². The molecule has 14 aromatic rings. The van der Waals surface area contributed by atoms with Gasteiger partial charge < -0.3 is 9.80 Å². The molecule has 0 fully saturated rings. The minimum absolute atomic E-state index is 0.188. The van der Waals surface area contributed by atoms with Gasteiger partial charge in [-0.15, -0.1) is 0 Å². The van der Waals surface area contributed by atoms with Crippen LogP contribution in [0.2, 0.25) is 0 Å². The van der Waals surface area contributed by atoms with E-state index in [1.807, 2.05) is 0 Å². The Morgan fingerprint density at radius 2 is 0.523 bits per heavy atom. The van der Waals surface area contributed by atoms with Crippen molar-refractivity contribution in [1.82, 2.24) is 0 Å². The number of anilines is 6. The van der Waals surface area contributed by atoms with Crippen LogP contribution in [0.3, 0.4) is 0 Å². The number of hydrogen-bond donors (Lipinski definition) is 0. The molecule has 2 nitrogen and oxygen atoms in total. The third-order valence-electron chi connectivity index (χ3n) is 18.4. The average molecular weight is 1130 g/mol. The van der Waals surface area contributed by atoms with Gasteiger partial charge in [0.15, 0.2) is 0 Å². The highest BCUT2D eigenvalue weighted by Crippen LogP contribution is 2.56. The van der Waals surface area contributed by atoms with Gasteiger partial charge in [-0.25, -0.2) is 0 Å². The summed E-state index contributed by atoms with van der Waals surface area (Å²) >= 11 is 0. The second-order valence-electron chi connectivity index (χ2n) is 24.5. The molecule has 0 spiro atoms. The van der Waals surface area contributed by atoms with Crippen molar-refractivity contribution in [3.05, 3.63) is 312 Å². The number of nitrogens with zero attached hydrogens (tertiary/aromatic N) is 2. The molecule has 88 heavy (non-hydrogen) atoms. The first-order valence-electron chi connectivity index (χ1n) is 31.2. The van der Waals surface area contributed by atoms with Gasteiger partial charge in [0.05, 0.1) is 34.1 Å². The maximum absolute atomic E-state index is 2.66. The molecule has 0 aliphatic rings. The quantitative estimate of drug-likeness (QED) is 0.100. The van der Waals surface area contributed by atoms with Crippen molar-refractivity contribution in [2.75, 3.05) is 9.80 Å². The van der Waals surface area contributed by atoms with Crippen LogP contribution in [-0.4, -0.2) is 0 Å². The molecule has 14 aromatic carbocycles. The molecule has 0 aliphatic heterocycles. The number of rotatable bonds is 14. The Morgan fingerprint density at radius 1 is 0.239 bits per heavy atom. The van der Waals surface area contributed by atoms with E-state index in [1.165, 1.54) is 110 Å². The fourth-order valence-corrected chi connectivity index (χ4v) is 14.1. The molecule has 2 heteroatoms.